The minimum absolute atomic E-state index is 0.0143. The van der Waals surface area contributed by atoms with Gasteiger partial charge < -0.3 is 5.11 Å². The largest absolute Gasteiger partial charge is 0.388 e. The van der Waals surface area contributed by atoms with Gasteiger partial charge in [0.1, 0.15) is 5.78 Å². The number of aliphatic hydroxyl groups is 1. The van der Waals surface area contributed by atoms with Crippen LogP contribution in [0.2, 0.25) is 0 Å². The summed E-state index contributed by atoms with van der Waals surface area (Å²) >= 11 is 0. The van der Waals surface area contributed by atoms with Crippen molar-refractivity contribution in [3.05, 3.63) is 51.6 Å². The molecular weight excluding hydrogens is 270 g/mol. The number of hydrogen-bond donors (Lipinski definition) is 1. The molecule has 4 atom stereocenters. The maximum Gasteiger partial charge on any atom is 0.269 e. The van der Waals surface area contributed by atoms with E-state index in [4.69, 9.17) is 0 Å². The first-order valence-electron chi connectivity index (χ1n) is 7.18. The van der Waals surface area contributed by atoms with Gasteiger partial charge in [0, 0.05) is 18.1 Å². The van der Waals surface area contributed by atoms with E-state index in [2.05, 4.69) is 6.92 Å². The third-order valence-corrected chi connectivity index (χ3v) is 4.73. The Labute approximate surface area is 122 Å². The summed E-state index contributed by atoms with van der Waals surface area (Å²) in [5, 5.41) is 21.1. The number of nitro groups is 1. The Hall–Kier alpha value is -2.01. The number of non-ortho nitro benzene ring substituents is 1. The maximum absolute atomic E-state index is 12.2. The second kappa shape index (κ2) is 5.07. The number of Topliss-reactive ketones (excluding diaryl/α,β-unsaturated/α-hetero) is 1. The minimum atomic E-state index is -0.871. The number of hydrogen-bond acceptors (Lipinski definition) is 4. The van der Waals surface area contributed by atoms with Gasteiger partial charge in [-0.25, -0.2) is 0 Å². The van der Waals surface area contributed by atoms with Crippen LogP contribution in [0.1, 0.15) is 31.4 Å². The summed E-state index contributed by atoms with van der Waals surface area (Å²) in [6, 6.07) is 5.80. The molecule has 0 saturated heterocycles. The molecule has 110 valence electrons. The molecule has 2 unspecified atom stereocenters. The van der Waals surface area contributed by atoms with E-state index in [1.165, 1.54) is 29.8 Å². The smallest absolute Gasteiger partial charge is 0.269 e. The predicted molar refractivity (Wildman–Crippen MR) is 76.5 cm³/mol. The summed E-state index contributed by atoms with van der Waals surface area (Å²) in [6.45, 7) is 2.07. The van der Waals surface area contributed by atoms with E-state index < -0.39 is 11.0 Å². The highest BCUT2D eigenvalue weighted by molar-refractivity contribution is 5.93. The van der Waals surface area contributed by atoms with Crippen molar-refractivity contribution in [2.45, 2.75) is 25.9 Å². The second-order valence-corrected chi connectivity index (χ2v) is 5.79. The van der Waals surface area contributed by atoms with Crippen LogP contribution < -0.4 is 0 Å². The van der Waals surface area contributed by atoms with Crippen LogP contribution in [0.3, 0.4) is 0 Å². The van der Waals surface area contributed by atoms with Crippen molar-refractivity contribution < 1.29 is 14.8 Å². The molecule has 21 heavy (non-hydrogen) atoms. The summed E-state index contributed by atoms with van der Waals surface area (Å²) in [5.41, 5.74) is 1.85. The molecule has 1 saturated carbocycles. The molecule has 5 heteroatoms. The molecule has 1 N–H and O–H groups in total. The lowest BCUT2D eigenvalue weighted by molar-refractivity contribution is -0.384. The third-order valence-electron chi connectivity index (χ3n) is 4.73. The Bertz CT molecular complexity index is 620. The number of carbonyl (C=O) groups is 1. The predicted octanol–water partition coefficient (Wildman–Crippen LogP) is 2.80. The number of benzene rings is 1. The van der Waals surface area contributed by atoms with Crippen molar-refractivity contribution in [2.24, 2.45) is 17.8 Å². The fourth-order valence-corrected chi connectivity index (χ4v) is 3.49. The first-order chi connectivity index (χ1) is 10.0. The van der Waals surface area contributed by atoms with Crippen LogP contribution in [-0.2, 0) is 4.79 Å². The standard InChI is InChI=1S/C16H17NO4/c1-2-9-7-12-13(8-9)16(19)14(12)15(18)10-3-5-11(6-4-10)17(20)21/h3-6,8,12-15,18H,2,7H2,1H3/t12-,13+,14?,15?/m1/s1. The van der Waals surface area contributed by atoms with Gasteiger partial charge in [0.25, 0.3) is 5.69 Å². The van der Waals surface area contributed by atoms with Gasteiger partial charge in [-0.1, -0.05) is 18.6 Å². The van der Waals surface area contributed by atoms with Crippen molar-refractivity contribution in [3.8, 4) is 0 Å². The number of allylic oxidation sites excluding steroid dienone is 2. The summed E-state index contributed by atoms with van der Waals surface area (Å²) in [4.78, 5) is 22.3. The average Bonchev–Trinajstić information content (AvgIpc) is 2.86. The molecule has 0 radical (unpaired) electrons. The van der Waals surface area contributed by atoms with Gasteiger partial charge in [-0.05, 0) is 36.5 Å². The van der Waals surface area contributed by atoms with Crippen LogP contribution in [0.15, 0.2) is 35.9 Å². The number of carbonyl (C=O) groups excluding carboxylic acids is 1. The molecule has 0 heterocycles. The first-order valence-corrected chi connectivity index (χ1v) is 7.18. The molecule has 2 aliphatic carbocycles. The Morgan fingerprint density at radius 2 is 2.05 bits per heavy atom. The van der Waals surface area contributed by atoms with E-state index in [1.54, 1.807) is 0 Å². The number of nitro benzene ring substituents is 1. The van der Waals surface area contributed by atoms with Gasteiger partial charge in [0.15, 0.2) is 0 Å². The highest BCUT2D eigenvalue weighted by atomic mass is 16.6. The molecule has 0 aromatic heterocycles. The van der Waals surface area contributed by atoms with Crippen molar-refractivity contribution in [1.82, 2.24) is 0 Å². The van der Waals surface area contributed by atoms with Crippen molar-refractivity contribution in [3.63, 3.8) is 0 Å². The van der Waals surface area contributed by atoms with Crippen LogP contribution in [0.5, 0.6) is 0 Å². The average molecular weight is 287 g/mol. The van der Waals surface area contributed by atoms with E-state index in [0.29, 0.717) is 5.56 Å². The van der Waals surface area contributed by atoms with Crippen molar-refractivity contribution >= 4 is 11.5 Å². The highest BCUT2D eigenvalue weighted by Crippen LogP contribution is 2.52. The number of ketones is 1. The second-order valence-electron chi connectivity index (χ2n) is 5.79. The third kappa shape index (κ3) is 2.17. The molecular formula is C16H17NO4. The molecule has 0 aliphatic heterocycles. The fraction of sp³-hybridized carbons (Fsp3) is 0.438. The Kier molecular flexibility index (Phi) is 3.37. The quantitative estimate of drug-likeness (QED) is 0.524. The van der Waals surface area contributed by atoms with Crippen LogP contribution in [0.25, 0.3) is 0 Å². The molecule has 1 aromatic carbocycles. The summed E-state index contributed by atoms with van der Waals surface area (Å²) < 4.78 is 0. The van der Waals surface area contributed by atoms with Gasteiger partial charge in [-0.15, -0.1) is 0 Å². The van der Waals surface area contributed by atoms with Gasteiger partial charge >= 0.3 is 0 Å². The molecule has 5 nitrogen and oxygen atoms in total. The van der Waals surface area contributed by atoms with Crippen LogP contribution in [0.4, 0.5) is 5.69 Å². The van der Waals surface area contributed by atoms with E-state index in [1.807, 2.05) is 6.08 Å². The molecule has 3 rings (SSSR count). The number of rotatable bonds is 4. The normalized spacial score (nSPS) is 28.6. The number of aliphatic hydroxyl groups excluding tert-OH is 1. The monoisotopic (exact) mass is 287 g/mol. The zero-order valence-electron chi connectivity index (χ0n) is 11.7. The van der Waals surface area contributed by atoms with E-state index in [0.717, 1.165) is 12.8 Å². The van der Waals surface area contributed by atoms with E-state index in [-0.39, 0.29) is 29.2 Å². The molecule has 0 bridgehead atoms. The van der Waals surface area contributed by atoms with Gasteiger partial charge in [-0.3, -0.25) is 14.9 Å². The Morgan fingerprint density at radius 1 is 1.38 bits per heavy atom. The fourth-order valence-electron chi connectivity index (χ4n) is 3.49. The Morgan fingerprint density at radius 3 is 2.62 bits per heavy atom. The zero-order chi connectivity index (χ0) is 15.1. The SMILES string of the molecule is CCC1=C[C@@H]2C(=O)C(C(O)c3ccc([N+](=O)[O-])cc3)[C@@H]2C1. The Balaban J connectivity index is 1.76. The lowest BCUT2D eigenvalue weighted by Crippen LogP contribution is -2.47. The maximum atomic E-state index is 12.2. The van der Waals surface area contributed by atoms with Crippen molar-refractivity contribution in [2.75, 3.05) is 0 Å². The minimum Gasteiger partial charge on any atom is -0.388 e. The zero-order valence-corrected chi connectivity index (χ0v) is 11.7. The molecule has 0 amide bonds. The van der Waals surface area contributed by atoms with Crippen LogP contribution in [-0.4, -0.2) is 15.8 Å². The van der Waals surface area contributed by atoms with Gasteiger partial charge in [-0.2, -0.15) is 0 Å². The molecule has 1 aromatic rings. The lowest BCUT2D eigenvalue weighted by atomic mass is 9.62. The summed E-state index contributed by atoms with van der Waals surface area (Å²) in [7, 11) is 0. The summed E-state index contributed by atoms with van der Waals surface area (Å²) in [5.74, 6) is -0.124. The lowest BCUT2D eigenvalue weighted by Gasteiger charge is -2.41. The van der Waals surface area contributed by atoms with Crippen molar-refractivity contribution in [1.29, 1.82) is 0 Å². The number of fused-ring (bicyclic) bond motifs is 1. The van der Waals surface area contributed by atoms with E-state index >= 15 is 0 Å². The molecule has 0 spiro atoms. The van der Waals surface area contributed by atoms with Crippen LogP contribution in [0, 0.1) is 27.9 Å². The van der Waals surface area contributed by atoms with Gasteiger partial charge in [0.05, 0.1) is 16.9 Å². The molecule has 1 fully saturated rings. The number of nitrogens with zero attached hydrogens (tertiary/aromatic N) is 1. The highest BCUT2D eigenvalue weighted by Gasteiger charge is 2.54. The van der Waals surface area contributed by atoms with E-state index in [9.17, 15) is 20.0 Å². The summed E-state index contributed by atoms with van der Waals surface area (Å²) in [6.07, 6.45) is 3.00. The van der Waals surface area contributed by atoms with Gasteiger partial charge in [0.2, 0.25) is 0 Å². The molecule has 2 aliphatic rings. The topological polar surface area (TPSA) is 80.4 Å². The van der Waals surface area contributed by atoms with Crippen LogP contribution >= 0.6 is 0 Å². The first kappa shape index (κ1) is 13.9.